The Kier molecular flexibility index (Phi) is 4.77. The Hall–Kier alpha value is -2.61. The van der Waals surface area contributed by atoms with E-state index in [9.17, 15) is 9.59 Å². The molecule has 0 aliphatic carbocycles. The number of carbonyl (C=O) groups excluding carboxylic acids is 2. The minimum absolute atomic E-state index is 0.0616. The van der Waals surface area contributed by atoms with E-state index in [0.29, 0.717) is 36.0 Å². The number of ether oxygens (including phenoxy) is 1. The topological polar surface area (TPSA) is 78.9 Å². The molecule has 2 unspecified atom stereocenters. The van der Waals surface area contributed by atoms with Gasteiger partial charge in [-0.2, -0.15) is 0 Å². The Balaban J connectivity index is 1.59. The third-order valence-electron chi connectivity index (χ3n) is 5.31. The molecule has 0 bridgehead atoms. The Morgan fingerprint density at radius 2 is 2.03 bits per heavy atom. The molecule has 0 aromatic carbocycles. The first kappa shape index (κ1) is 19.7. The van der Waals surface area contributed by atoms with E-state index < -0.39 is 5.60 Å². The second-order valence-electron chi connectivity index (χ2n) is 8.48. The number of amides is 3. The molecule has 0 radical (unpaired) electrons. The number of urea groups is 1. The maximum atomic E-state index is 13.0. The summed E-state index contributed by atoms with van der Waals surface area (Å²) in [5, 5.41) is 1.21. The van der Waals surface area contributed by atoms with E-state index in [-0.39, 0.29) is 24.2 Å². The highest BCUT2D eigenvalue weighted by Gasteiger charge is 2.48. The molecule has 2 aliphatic heterocycles. The van der Waals surface area contributed by atoms with E-state index in [4.69, 9.17) is 16.3 Å². The number of fused-ring (bicyclic) bond motifs is 2. The van der Waals surface area contributed by atoms with Crippen LogP contribution in [0.1, 0.15) is 27.2 Å². The van der Waals surface area contributed by atoms with Gasteiger partial charge in [0.15, 0.2) is 0 Å². The molecule has 154 valence electrons. The van der Waals surface area contributed by atoms with Gasteiger partial charge in [-0.1, -0.05) is 11.6 Å². The summed E-state index contributed by atoms with van der Waals surface area (Å²) in [6, 6.07) is 5.09. The highest BCUT2D eigenvalue weighted by molar-refractivity contribution is 6.30. The predicted octanol–water partition coefficient (Wildman–Crippen LogP) is 3.53. The molecule has 0 saturated carbocycles. The van der Waals surface area contributed by atoms with Crippen LogP contribution in [-0.2, 0) is 4.74 Å². The molecule has 2 aliphatic rings. The third-order valence-corrected chi connectivity index (χ3v) is 5.51. The van der Waals surface area contributed by atoms with Gasteiger partial charge in [0, 0.05) is 37.8 Å². The second kappa shape index (κ2) is 7.02. The van der Waals surface area contributed by atoms with E-state index in [0.717, 1.165) is 5.39 Å². The lowest BCUT2D eigenvalue weighted by Gasteiger charge is -2.38. The minimum Gasteiger partial charge on any atom is -0.444 e. The Labute approximate surface area is 174 Å². The monoisotopic (exact) mass is 417 g/mol. The molecule has 2 saturated heterocycles. The van der Waals surface area contributed by atoms with Crippen molar-refractivity contribution in [1.29, 1.82) is 0 Å². The minimum atomic E-state index is -0.553. The number of pyridine rings is 2. The fourth-order valence-electron chi connectivity index (χ4n) is 3.93. The Bertz CT molecular complexity index is 976. The lowest BCUT2D eigenvalue weighted by molar-refractivity contribution is 0.0155. The SMILES string of the molecule is CN1C(=O)N(c2ccc3cnc(Cl)cc3n2)C2CCN(C(=O)OC(C)(C)C)CC21. The number of anilines is 1. The number of hydrogen-bond acceptors (Lipinski definition) is 5. The lowest BCUT2D eigenvalue weighted by Crippen LogP contribution is -2.54. The normalized spacial score (nSPS) is 22.2. The fraction of sp³-hybridized carbons (Fsp3) is 0.500. The maximum absolute atomic E-state index is 13.0. The molecule has 2 atom stereocenters. The van der Waals surface area contributed by atoms with Gasteiger partial charge in [-0.25, -0.2) is 19.6 Å². The van der Waals surface area contributed by atoms with Gasteiger partial charge in [-0.3, -0.25) is 4.90 Å². The number of nitrogens with zero attached hydrogens (tertiary/aromatic N) is 5. The van der Waals surface area contributed by atoms with Crippen molar-refractivity contribution in [2.24, 2.45) is 0 Å². The van der Waals surface area contributed by atoms with Gasteiger partial charge in [0.25, 0.3) is 0 Å². The largest absolute Gasteiger partial charge is 0.444 e. The highest BCUT2D eigenvalue weighted by atomic mass is 35.5. The number of rotatable bonds is 1. The van der Waals surface area contributed by atoms with Gasteiger partial charge in [-0.05, 0) is 39.3 Å². The number of aromatic nitrogens is 2. The van der Waals surface area contributed by atoms with E-state index in [2.05, 4.69) is 9.97 Å². The first-order valence-electron chi connectivity index (χ1n) is 9.60. The summed E-state index contributed by atoms with van der Waals surface area (Å²) in [6.07, 6.45) is 1.96. The van der Waals surface area contributed by atoms with E-state index in [1.807, 2.05) is 32.9 Å². The summed E-state index contributed by atoms with van der Waals surface area (Å²) in [5.74, 6) is 0.579. The Morgan fingerprint density at radius 1 is 1.28 bits per heavy atom. The second-order valence-corrected chi connectivity index (χ2v) is 8.87. The number of likely N-dealkylation sites (tertiary alicyclic amines) is 1. The van der Waals surface area contributed by atoms with Crippen LogP contribution in [-0.4, -0.2) is 69.7 Å². The summed E-state index contributed by atoms with van der Waals surface area (Å²) in [4.78, 5) is 39.3. The van der Waals surface area contributed by atoms with Gasteiger partial charge in [0.1, 0.15) is 16.6 Å². The van der Waals surface area contributed by atoms with Crippen LogP contribution in [0.2, 0.25) is 5.15 Å². The maximum Gasteiger partial charge on any atom is 0.410 e. The van der Waals surface area contributed by atoms with Crippen LogP contribution in [0.25, 0.3) is 10.9 Å². The third kappa shape index (κ3) is 3.69. The summed E-state index contributed by atoms with van der Waals surface area (Å²) in [6.45, 7) is 6.49. The molecular weight excluding hydrogens is 394 g/mol. The van der Waals surface area contributed by atoms with Crippen molar-refractivity contribution < 1.29 is 14.3 Å². The number of likely N-dealkylation sites (N-methyl/N-ethyl adjacent to an activating group) is 1. The first-order chi connectivity index (χ1) is 13.6. The van der Waals surface area contributed by atoms with E-state index in [1.54, 1.807) is 34.0 Å². The van der Waals surface area contributed by atoms with Gasteiger partial charge >= 0.3 is 12.1 Å². The van der Waals surface area contributed by atoms with Crippen LogP contribution in [0.5, 0.6) is 0 Å². The molecule has 2 aromatic heterocycles. The quantitative estimate of drug-likeness (QED) is 0.663. The lowest BCUT2D eigenvalue weighted by atomic mass is 9.99. The average Bonchev–Trinajstić information content (AvgIpc) is 2.90. The molecule has 9 heteroatoms. The van der Waals surface area contributed by atoms with Crippen molar-refractivity contribution in [3.05, 3.63) is 29.5 Å². The van der Waals surface area contributed by atoms with Gasteiger partial charge < -0.3 is 14.5 Å². The molecule has 0 N–H and O–H groups in total. The molecule has 8 nitrogen and oxygen atoms in total. The van der Waals surface area contributed by atoms with Crippen molar-refractivity contribution in [1.82, 2.24) is 19.8 Å². The van der Waals surface area contributed by atoms with Gasteiger partial charge in [0.05, 0.1) is 17.6 Å². The van der Waals surface area contributed by atoms with Crippen LogP contribution in [0.4, 0.5) is 15.4 Å². The number of hydrogen-bond donors (Lipinski definition) is 0. The summed E-state index contributed by atoms with van der Waals surface area (Å²) < 4.78 is 5.50. The van der Waals surface area contributed by atoms with Crippen LogP contribution in [0.15, 0.2) is 24.4 Å². The molecule has 2 fully saturated rings. The highest BCUT2D eigenvalue weighted by Crippen LogP contribution is 2.33. The average molecular weight is 418 g/mol. The predicted molar refractivity (Wildman–Crippen MR) is 110 cm³/mol. The van der Waals surface area contributed by atoms with Crippen LogP contribution >= 0.6 is 11.6 Å². The van der Waals surface area contributed by atoms with Crippen molar-refractivity contribution >= 4 is 40.4 Å². The summed E-state index contributed by atoms with van der Waals surface area (Å²) in [5.41, 5.74) is 0.135. The smallest absolute Gasteiger partial charge is 0.410 e. The van der Waals surface area contributed by atoms with Crippen LogP contribution < -0.4 is 4.90 Å². The summed E-state index contributed by atoms with van der Waals surface area (Å²) in [7, 11) is 1.76. The van der Waals surface area contributed by atoms with Crippen LogP contribution in [0.3, 0.4) is 0 Å². The summed E-state index contributed by atoms with van der Waals surface area (Å²) >= 11 is 6.00. The molecule has 4 rings (SSSR count). The molecule has 0 spiro atoms. The number of piperidine rings is 1. The molecule has 4 heterocycles. The fourth-order valence-corrected chi connectivity index (χ4v) is 4.08. The van der Waals surface area contributed by atoms with Crippen molar-refractivity contribution in [3.63, 3.8) is 0 Å². The van der Waals surface area contributed by atoms with E-state index >= 15 is 0 Å². The van der Waals surface area contributed by atoms with Crippen molar-refractivity contribution in [2.45, 2.75) is 44.9 Å². The zero-order valence-corrected chi connectivity index (χ0v) is 17.7. The first-order valence-corrected chi connectivity index (χ1v) is 9.98. The number of carbonyl (C=O) groups is 2. The molecule has 2 aromatic rings. The van der Waals surface area contributed by atoms with Crippen LogP contribution in [0, 0.1) is 0 Å². The van der Waals surface area contributed by atoms with Crippen molar-refractivity contribution in [3.8, 4) is 0 Å². The zero-order valence-electron chi connectivity index (χ0n) is 16.9. The molecule has 3 amide bonds. The molecule has 29 heavy (non-hydrogen) atoms. The molecular formula is C20H24ClN5O3. The number of halogens is 1. The van der Waals surface area contributed by atoms with Gasteiger partial charge in [0.2, 0.25) is 0 Å². The van der Waals surface area contributed by atoms with Crippen molar-refractivity contribution in [2.75, 3.05) is 25.0 Å². The van der Waals surface area contributed by atoms with E-state index in [1.165, 1.54) is 0 Å². The van der Waals surface area contributed by atoms with Gasteiger partial charge in [-0.15, -0.1) is 0 Å². The Morgan fingerprint density at radius 3 is 2.76 bits per heavy atom. The zero-order chi connectivity index (χ0) is 20.9. The standard InChI is InChI=1S/C20H24ClN5O3/c1-20(2,3)29-19(28)25-8-7-14-15(11-25)24(4)18(27)26(14)17-6-5-12-10-22-16(21)9-13(12)23-17/h5-6,9-10,14-15H,7-8,11H2,1-4H3.